The molecule has 2 aromatic carbocycles. The summed E-state index contributed by atoms with van der Waals surface area (Å²) < 4.78 is 0. The van der Waals surface area contributed by atoms with Gasteiger partial charge in [-0.3, -0.25) is 0 Å². The molecular formula is C16H21NO. The van der Waals surface area contributed by atoms with E-state index in [1.165, 1.54) is 16.3 Å². The molecule has 0 heterocycles. The number of aliphatic hydroxyl groups excluding tert-OH is 1. The van der Waals surface area contributed by atoms with E-state index in [9.17, 15) is 5.11 Å². The summed E-state index contributed by atoms with van der Waals surface area (Å²) in [6, 6.07) is 14.9. The lowest BCUT2D eigenvalue weighted by molar-refractivity contribution is 0.169. The molecule has 0 aliphatic heterocycles. The van der Waals surface area contributed by atoms with Crippen LogP contribution < -0.4 is 5.32 Å². The lowest BCUT2D eigenvalue weighted by atomic mass is 9.99. The van der Waals surface area contributed by atoms with Crippen LogP contribution in [0.15, 0.2) is 42.5 Å². The van der Waals surface area contributed by atoms with Crippen molar-refractivity contribution in [3.05, 3.63) is 48.0 Å². The van der Waals surface area contributed by atoms with Crippen LogP contribution in [0.3, 0.4) is 0 Å². The molecule has 2 heteroatoms. The van der Waals surface area contributed by atoms with E-state index in [-0.39, 0.29) is 12.1 Å². The smallest absolute Gasteiger partial charge is 0.0610 e. The fourth-order valence-corrected chi connectivity index (χ4v) is 1.96. The van der Waals surface area contributed by atoms with Gasteiger partial charge in [0.2, 0.25) is 0 Å². The molecule has 0 bridgehead atoms. The summed E-state index contributed by atoms with van der Waals surface area (Å²) >= 11 is 0. The van der Waals surface area contributed by atoms with Gasteiger partial charge in [0, 0.05) is 12.1 Å². The number of hydrogen-bond acceptors (Lipinski definition) is 2. The Morgan fingerprint density at radius 1 is 1.11 bits per heavy atom. The second-order valence-electron chi connectivity index (χ2n) is 5.11. The first kappa shape index (κ1) is 13.1. The average molecular weight is 243 g/mol. The standard InChI is InChI=1S/C16H21NO/c1-3-16(2,12-18)17-11-13-8-9-14-6-4-5-7-15(14)10-13/h4-10,17-18H,3,11-12H2,1-2H3. The molecule has 18 heavy (non-hydrogen) atoms. The topological polar surface area (TPSA) is 32.3 Å². The van der Waals surface area contributed by atoms with Crippen molar-refractivity contribution in [1.82, 2.24) is 5.32 Å². The SMILES string of the molecule is CCC(C)(CO)NCc1ccc2ccccc2c1. The molecule has 0 amide bonds. The van der Waals surface area contributed by atoms with Crippen molar-refractivity contribution in [2.24, 2.45) is 0 Å². The Balaban J connectivity index is 2.12. The van der Waals surface area contributed by atoms with E-state index in [1.54, 1.807) is 0 Å². The maximum Gasteiger partial charge on any atom is 0.0610 e. The lowest BCUT2D eigenvalue weighted by Crippen LogP contribution is -2.44. The van der Waals surface area contributed by atoms with Gasteiger partial charge >= 0.3 is 0 Å². The van der Waals surface area contributed by atoms with Gasteiger partial charge in [-0.15, -0.1) is 0 Å². The molecule has 2 rings (SSSR count). The van der Waals surface area contributed by atoms with E-state index >= 15 is 0 Å². The predicted octanol–water partition coefficient (Wildman–Crippen LogP) is 3.09. The highest BCUT2D eigenvalue weighted by Gasteiger charge is 2.19. The molecule has 0 spiro atoms. The van der Waals surface area contributed by atoms with Crippen LogP contribution in [0, 0.1) is 0 Å². The molecule has 2 nitrogen and oxygen atoms in total. The number of hydrogen-bond donors (Lipinski definition) is 2. The van der Waals surface area contributed by atoms with Crippen LogP contribution in [0.4, 0.5) is 0 Å². The Bertz CT molecular complexity index is 517. The van der Waals surface area contributed by atoms with E-state index in [0.29, 0.717) is 0 Å². The van der Waals surface area contributed by atoms with Gasteiger partial charge in [0.05, 0.1) is 6.61 Å². The van der Waals surface area contributed by atoms with Gasteiger partial charge in [0.1, 0.15) is 0 Å². The zero-order chi connectivity index (χ0) is 13.0. The fraction of sp³-hybridized carbons (Fsp3) is 0.375. The third-order valence-electron chi connectivity index (χ3n) is 3.66. The summed E-state index contributed by atoms with van der Waals surface area (Å²) in [6.07, 6.45) is 0.914. The van der Waals surface area contributed by atoms with Gasteiger partial charge in [0.15, 0.2) is 0 Å². The minimum atomic E-state index is -0.189. The van der Waals surface area contributed by atoms with Gasteiger partial charge in [-0.1, -0.05) is 43.3 Å². The van der Waals surface area contributed by atoms with Crippen molar-refractivity contribution >= 4 is 10.8 Å². The number of rotatable bonds is 5. The van der Waals surface area contributed by atoms with Gasteiger partial charge in [-0.2, -0.15) is 0 Å². The fourth-order valence-electron chi connectivity index (χ4n) is 1.96. The van der Waals surface area contributed by atoms with E-state index in [0.717, 1.165) is 13.0 Å². The summed E-state index contributed by atoms with van der Waals surface area (Å²) in [5.74, 6) is 0. The van der Waals surface area contributed by atoms with Crippen LogP contribution in [0.1, 0.15) is 25.8 Å². The minimum absolute atomic E-state index is 0.164. The van der Waals surface area contributed by atoms with Crippen LogP contribution in [0.2, 0.25) is 0 Å². The highest BCUT2D eigenvalue weighted by molar-refractivity contribution is 5.82. The third-order valence-corrected chi connectivity index (χ3v) is 3.66. The van der Waals surface area contributed by atoms with Crippen LogP contribution in [0.25, 0.3) is 10.8 Å². The highest BCUT2D eigenvalue weighted by Crippen LogP contribution is 2.16. The lowest BCUT2D eigenvalue weighted by Gasteiger charge is -2.27. The maximum atomic E-state index is 9.37. The third kappa shape index (κ3) is 2.89. The number of aliphatic hydroxyl groups is 1. The Morgan fingerprint density at radius 3 is 2.50 bits per heavy atom. The number of fused-ring (bicyclic) bond motifs is 1. The molecule has 0 aromatic heterocycles. The average Bonchev–Trinajstić information content (AvgIpc) is 2.44. The number of nitrogens with one attached hydrogen (secondary N) is 1. The summed E-state index contributed by atoms with van der Waals surface area (Å²) in [5, 5.41) is 15.3. The van der Waals surface area contributed by atoms with Crippen LogP contribution in [-0.2, 0) is 6.54 Å². The number of benzene rings is 2. The quantitative estimate of drug-likeness (QED) is 0.845. The van der Waals surface area contributed by atoms with Gasteiger partial charge in [-0.25, -0.2) is 0 Å². The Hall–Kier alpha value is -1.38. The summed E-state index contributed by atoms with van der Waals surface area (Å²) in [4.78, 5) is 0. The molecule has 0 saturated heterocycles. The molecule has 0 aliphatic rings. The molecule has 96 valence electrons. The van der Waals surface area contributed by atoms with Gasteiger partial charge in [-0.05, 0) is 35.7 Å². The molecule has 1 atom stereocenters. The van der Waals surface area contributed by atoms with Gasteiger partial charge < -0.3 is 10.4 Å². The van der Waals surface area contributed by atoms with E-state index < -0.39 is 0 Å². The van der Waals surface area contributed by atoms with Crippen molar-refractivity contribution in [3.63, 3.8) is 0 Å². The first-order valence-corrected chi connectivity index (χ1v) is 6.50. The molecule has 0 aliphatic carbocycles. The molecule has 2 aromatic rings. The monoisotopic (exact) mass is 243 g/mol. The maximum absolute atomic E-state index is 9.37. The molecule has 1 unspecified atom stereocenters. The Labute approximate surface area is 109 Å². The van der Waals surface area contributed by atoms with Crippen LogP contribution in [-0.4, -0.2) is 17.3 Å². The Kier molecular flexibility index (Phi) is 4.00. The second kappa shape index (κ2) is 5.51. The molecule has 0 fully saturated rings. The van der Waals surface area contributed by atoms with Crippen molar-refractivity contribution in [1.29, 1.82) is 0 Å². The largest absolute Gasteiger partial charge is 0.394 e. The van der Waals surface area contributed by atoms with Crippen molar-refractivity contribution < 1.29 is 5.11 Å². The molecule has 2 N–H and O–H groups in total. The first-order chi connectivity index (χ1) is 8.67. The summed E-state index contributed by atoms with van der Waals surface area (Å²) in [5.41, 5.74) is 1.06. The zero-order valence-electron chi connectivity index (χ0n) is 11.1. The molecule has 0 radical (unpaired) electrons. The van der Waals surface area contributed by atoms with E-state index in [2.05, 4.69) is 54.7 Å². The van der Waals surface area contributed by atoms with E-state index in [4.69, 9.17) is 0 Å². The highest BCUT2D eigenvalue weighted by atomic mass is 16.3. The van der Waals surface area contributed by atoms with Crippen molar-refractivity contribution in [2.75, 3.05) is 6.61 Å². The van der Waals surface area contributed by atoms with Crippen molar-refractivity contribution in [3.8, 4) is 0 Å². The van der Waals surface area contributed by atoms with Crippen LogP contribution >= 0.6 is 0 Å². The van der Waals surface area contributed by atoms with Gasteiger partial charge in [0.25, 0.3) is 0 Å². The molecule has 0 saturated carbocycles. The van der Waals surface area contributed by atoms with E-state index in [1.807, 2.05) is 6.92 Å². The summed E-state index contributed by atoms with van der Waals surface area (Å²) in [7, 11) is 0. The minimum Gasteiger partial charge on any atom is -0.394 e. The Morgan fingerprint density at radius 2 is 1.83 bits per heavy atom. The normalized spacial score (nSPS) is 14.6. The first-order valence-electron chi connectivity index (χ1n) is 6.50. The molecular weight excluding hydrogens is 222 g/mol. The zero-order valence-corrected chi connectivity index (χ0v) is 11.1. The summed E-state index contributed by atoms with van der Waals surface area (Å²) in [6.45, 7) is 5.09. The van der Waals surface area contributed by atoms with Crippen LogP contribution in [0.5, 0.6) is 0 Å². The second-order valence-corrected chi connectivity index (χ2v) is 5.11. The predicted molar refractivity (Wildman–Crippen MR) is 76.6 cm³/mol. The van der Waals surface area contributed by atoms with Crippen molar-refractivity contribution in [2.45, 2.75) is 32.4 Å².